The number of hydrogen-bond donors (Lipinski definition) is 3. The van der Waals surface area contributed by atoms with Crippen molar-refractivity contribution in [3.05, 3.63) is 0 Å². The molecule has 1 saturated heterocycles. The summed E-state index contributed by atoms with van der Waals surface area (Å²) in [6.45, 7) is 1.90. The van der Waals surface area contributed by atoms with E-state index in [2.05, 4.69) is 0 Å². The van der Waals surface area contributed by atoms with Crippen LogP contribution in [0.4, 0.5) is 0 Å². The zero-order valence-corrected chi connectivity index (χ0v) is 10.2. The van der Waals surface area contributed by atoms with E-state index in [4.69, 9.17) is 15.9 Å². The van der Waals surface area contributed by atoms with E-state index in [0.717, 1.165) is 0 Å². The second kappa shape index (κ2) is 5.81. The van der Waals surface area contributed by atoms with E-state index in [9.17, 15) is 14.4 Å². The fourth-order valence-electron chi connectivity index (χ4n) is 2.13. The summed E-state index contributed by atoms with van der Waals surface area (Å²) in [4.78, 5) is 35.1. The van der Waals surface area contributed by atoms with Gasteiger partial charge in [-0.2, -0.15) is 0 Å². The van der Waals surface area contributed by atoms with Gasteiger partial charge < -0.3 is 20.8 Å². The Kier molecular flexibility index (Phi) is 4.66. The molecular weight excluding hydrogens is 240 g/mol. The second-order valence-corrected chi connectivity index (χ2v) is 4.70. The Morgan fingerprint density at radius 1 is 1.28 bits per heavy atom. The fourth-order valence-corrected chi connectivity index (χ4v) is 2.13. The average Bonchev–Trinajstić information content (AvgIpc) is 2.26. The monoisotopic (exact) mass is 258 g/mol. The highest BCUT2D eigenvalue weighted by molar-refractivity contribution is 5.82. The normalized spacial score (nSPS) is 25.6. The Morgan fingerprint density at radius 3 is 2.28 bits per heavy atom. The summed E-state index contributed by atoms with van der Waals surface area (Å²) >= 11 is 0. The highest BCUT2D eigenvalue weighted by Crippen LogP contribution is 2.24. The zero-order chi connectivity index (χ0) is 13.9. The van der Waals surface area contributed by atoms with Gasteiger partial charge in [-0.25, -0.2) is 0 Å². The summed E-state index contributed by atoms with van der Waals surface area (Å²) in [5.41, 5.74) is 5.51. The maximum absolute atomic E-state index is 11.8. The predicted molar refractivity (Wildman–Crippen MR) is 61.7 cm³/mol. The summed E-state index contributed by atoms with van der Waals surface area (Å²) in [6.07, 6.45) is 0.307. The molecule has 1 fully saturated rings. The van der Waals surface area contributed by atoms with Crippen molar-refractivity contribution in [2.75, 3.05) is 13.1 Å². The van der Waals surface area contributed by atoms with E-state index >= 15 is 0 Å². The number of amides is 1. The second-order valence-electron chi connectivity index (χ2n) is 4.70. The first kappa shape index (κ1) is 14.4. The molecule has 0 radical (unpaired) electrons. The fraction of sp³-hybridized carbons (Fsp3) is 0.727. The van der Waals surface area contributed by atoms with E-state index in [0.29, 0.717) is 0 Å². The number of carboxylic acids is 2. The number of carbonyl (C=O) groups is 3. The molecule has 0 bridgehead atoms. The van der Waals surface area contributed by atoms with E-state index in [1.165, 1.54) is 4.90 Å². The van der Waals surface area contributed by atoms with E-state index < -0.39 is 23.8 Å². The lowest BCUT2D eigenvalue weighted by atomic mass is 9.85. The van der Waals surface area contributed by atoms with Crippen molar-refractivity contribution in [3.63, 3.8) is 0 Å². The van der Waals surface area contributed by atoms with Gasteiger partial charge in [0.1, 0.15) is 0 Å². The third kappa shape index (κ3) is 3.43. The van der Waals surface area contributed by atoms with Crippen molar-refractivity contribution in [1.82, 2.24) is 4.90 Å². The van der Waals surface area contributed by atoms with Gasteiger partial charge in [-0.1, -0.05) is 0 Å². The van der Waals surface area contributed by atoms with Gasteiger partial charge in [0.15, 0.2) is 0 Å². The third-order valence-electron chi connectivity index (χ3n) is 3.10. The third-order valence-corrected chi connectivity index (χ3v) is 3.10. The number of nitrogens with two attached hydrogens (primary N) is 1. The Morgan fingerprint density at radius 2 is 1.83 bits per heavy atom. The van der Waals surface area contributed by atoms with Gasteiger partial charge in [-0.15, -0.1) is 0 Å². The van der Waals surface area contributed by atoms with Crippen molar-refractivity contribution < 1.29 is 24.6 Å². The molecule has 0 aromatic carbocycles. The smallest absolute Gasteiger partial charge is 0.309 e. The van der Waals surface area contributed by atoms with Crippen LogP contribution in [-0.2, 0) is 14.4 Å². The number of likely N-dealkylation sites (tertiary alicyclic amines) is 1. The van der Waals surface area contributed by atoms with Gasteiger partial charge in [0.25, 0.3) is 0 Å². The van der Waals surface area contributed by atoms with E-state index in [1.807, 2.05) is 0 Å². The van der Waals surface area contributed by atoms with Crippen LogP contribution in [0, 0.1) is 11.8 Å². The van der Waals surface area contributed by atoms with Crippen LogP contribution in [0.5, 0.6) is 0 Å². The zero-order valence-electron chi connectivity index (χ0n) is 10.2. The molecule has 1 amide bonds. The Labute approximate surface area is 105 Å². The molecule has 4 N–H and O–H groups in total. The molecule has 1 aliphatic rings. The first-order valence-electron chi connectivity index (χ1n) is 5.82. The lowest BCUT2D eigenvalue weighted by molar-refractivity contribution is -0.159. The summed E-state index contributed by atoms with van der Waals surface area (Å²) in [7, 11) is 0. The molecule has 3 unspecified atom stereocenters. The molecular formula is C11H18N2O5. The number of rotatable bonds is 4. The van der Waals surface area contributed by atoms with Crippen LogP contribution in [0.2, 0.25) is 0 Å². The Balaban J connectivity index is 2.71. The van der Waals surface area contributed by atoms with Crippen LogP contribution in [0.3, 0.4) is 0 Å². The summed E-state index contributed by atoms with van der Waals surface area (Å²) in [5.74, 6) is -4.50. The number of aliphatic carboxylic acids is 2. The minimum atomic E-state index is -1.18. The van der Waals surface area contributed by atoms with Crippen LogP contribution in [-0.4, -0.2) is 52.1 Å². The van der Waals surface area contributed by atoms with Gasteiger partial charge in [0.05, 0.1) is 11.8 Å². The van der Waals surface area contributed by atoms with Gasteiger partial charge in [-0.05, 0) is 13.3 Å². The Bertz CT molecular complexity index is 355. The highest BCUT2D eigenvalue weighted by atomic mass is 16.4. The number of piperidine rings is 1. The number of hydrogen-bond acceptors (Lipinski definition) is 4. The van der Waals surface area contributed by atoms with Crippen LogP contribution in [0.25, 0.3) is 0 Å². The van der Waals surface area contributed by atoms with Crippen molar-refractivity contribution in [2.24, 2.45) is 17.6 Å². The lowest BCUT2D eigenvalue weighted by Gasteiger charge is -2.34. The molecule has 3 atom stereocenters. The Hall–Kier alpha value is -1.63. The van der Waals surface area contributed by atoms with Crippen molar-refractivity contribution in [2.45, 2.75) is 25.8 Å². The topological polar surface area (TPSA) is 121 Å². The van der Waals surface area contributed by atoms with Crippen LogP contribution in [0.15, 0.2) is 0 Å². The molecule has 0 aromatic heterocycles. The standard InChI is InChI=1S/C11H18N2O5/c1-6(12)4-9(14)13-3-2-7(10(15)16)8(5-13)11(17)18/h6-8H,2-5,12H2,1H3,(H,15,16)(H,17,18). The van der Waals surface area contributed by atoms with Crippen LogP contribution in [0.1, 0.15) is 19.8 Å². The molecule has 1 heterocycles. The van der Waals surface area contributed by atoms with Crippen molar-refractivity contribution in [3.8, 4) is 0 Å². The number of nitrogens with zero attached hydrogens (tertiary/aromatic N) is 1. The SMILES string of the molecule is CC(N)CC(=O)N1CCC(C(=O)O)C(C(=O)O)C1. The molecule has 18 heavy (non-hydrogen) atoms. The van der Waals surface area contributed by atoms with Gasteiger partial charge in [0, 0.05) is 25.6 Å². The van der Waals surface area contributed by atoms with E-state index in [1.54, 1.807) is 6.92 Å². The van der Waals surface area contributed by atoms with E-state index in [-0.39, 0.29) is 37.9 Å². The quantitative estimate of drug-likeness (QED) is 0.616. The largest absolute Gasteiger partial charge is 0.481 e. The highest BCUT2D eigenvalue weighted by Gasteiger charge is 2.39. The van der Waals surface area contributed by atoms with Crippen molar-refractivity contribution in [1.29, 1.82) is 0 Å². The number of carbonyl (C=O) groups excluding carboxylic acids is 1. The average molecular weight is 258 g/mol. The molecule has 0 spiro atoms. The summed E-state index contributed by atoms with van der Waals surface area (Å²) in [6, 6.07) is -0.294. The van der Waals surface area contributed by atoms with Gasteiger partial charge >= 0.3 is 11.9 Å². The summed E-state index contributed by atoms with van der Waals surface area (Å²) in [5, 5.41) is 18.0. The molecule has 1 rings (SSSR count). The van der Waals surface area contributed by atoms with Gasteiger partial charge in [-0.3, -0.25) is 14.4 Å². The van der Waals surface area contributed by atoms with Crippen LogP contribution < -0.4 is 5.73 Å². The molecule has 0 saturated carbocycles. The minimum Gasteiger partial charge on any atom is -0.481 e. The van der Waals surface area contributed by atoms with Gasteiger partial charge in [0.2, 0.25) is 5.91 Å². The molecule has 0 aromatic rings. The maximum atomic E-state index is 11.8. The minimum absolute atomic E-state index is 0.0577. The van der Waals surface area contributed by atoms with Crippen LogP contribution >= 0.6 is 0 Å². The summed E-state index contributed by atoms with van der Waals surface area (Å²) < 4.78 is 0. The first-order chi connectivity index (χ1) is 8.32. The lowest BCUT2D eigenvalue weighted by Crippen LogP contribution is -2.49. The molecule has 1 aliphatic heterocycles. The van der Waals surface area contributed by atoms with Crippen molar-refractivity contribution >= 4 is 17.8 Å². The molecule has 0 aliphatic carbocycles. The first-order valence-corrected chi connectivity index (χ1v) is 5.82. The maximum Gasteiger partial charge on any atom is 0.309 e. The molecule has 102 valence electrons. The molecule has 7 heteroatoms. The number of carboxylic acid groups (broad SMARTS) is 2. The predicted octanol–water partition coefficient (Wildman–Crippen LogP) is -0.642. The molecule has 7 nitrogen and oxygen atoms in total.